The van der Waals surface area contributed by atoms with Crippen molar-refractivity contribution in [2.45, 2.75) is 25.9 Å². The van der Waals surface area contributed by atoms with Crippen LogP contribution in [0.15, 0.2) is 17.2 Å². The molecule has 0 saturated carbocycles. The van der Waals surface area contributed by atoms with Gasteiger partial charge in [-0.1, -0.05) is 11.6 Å². The molecule has 2 amide bonds. The number of hydrogen-bond acceptors (Lipinski definition) is 6. The van der Waals surface area contributed by atoms with Crippen molar-refractivity contribution in [3.63, 3.8) is 0 Å². The standard InChI is InChI=1S/C16H20ClN3O5/c1-2-24-13-7-10(6-12(17)14(13)21)8-19-20-16(23)15(22)18-9-11-4-3-5-25-11/h6-8,11,21H,2-5,9H2,1H3,(H,18,22)(H,20,23)/b19-8-/t11-/m0/s1. The summed E-state index contributed by atoms with van der Waals surface area (Å²) in [7, 11) is 0. The van der Waals surface area contributed by atoms with Crippen LogP contribution in [0.5, 0.6) is 11.5 Å². The molecule has 0 spiro atoms. The Hall–Kier alpha value is -2.32. The van der Waals surface area contributed by atoms with E-state index in [4.69, 9.17) is 21.1 Å². The van der Waals surface area contributed by atoms with E-state index in [1.807, 2.05) is 0 Å². The number of hydrazone groups is 1. The molecule has 0 aliphatic carbocycles. The number of aromatic hydroxyl groups is 1. The summed E-state index contributed by atoms with van der Waals surface area (Å²) in [4.78, 5) is 23.3. The van der Waals surface area contributed by atoms with E-state index < -0.39 is 11.8 Å². The third-order valence-electron chi connectivity index (χ3n) is 3.45. The minimum atomic E-state index is -0.885. The SMILES string of the molecule is CCOc1cc(/C=N\NC(=O)C(=O)NC[C@@H]2CCCO2)cc(Cl)c1O. The van der Waals surface area contributed by atoms with E-state index in [9.17, 15) is 14.7 Å². The van der Waals surface area contributed by atoms with Crippen molar-refractivity contribution in [2.24, 2.45) is 5.10 Å². The van der Waals surface area contributed by atoms with Crippen LogP contribution in [0.1, 0.15) is 25.3 Å². The number of phenolic OH excluding ortho intramolecular Hbond substituents is 1. The second-order valence-electron chi connectivity index (χ2n) is 5.33. The summed E-state index contributed by atoms with van der Waals surface area (Å²) in [6.45, 7) is 3.09. The summed E-state index contributed by atoms with van der Waals surface area (Å²) in [5, 5.41) is 16.0. The first kappa shape index (κ1) is 19.0. The highest BCUT2D eigenvalue weighted by Gasteiger charge is 2.19. The van der Waals surface area contributed by atoms with Crippen LogP contribution >= 0.6 is 11.6 Å². The molecule has 1 aromatic rings. The molecule has 9 heteroatoms. The lowest BCUT2D eigenvalue weighted by molar-refractivity contribution is -0.139. The Morgan fingerprint density at radius 2 is 2.28 bits per heavy atom. The largest absolute Gasteiger partial charge is 0.503 e. The van der Waals surface area contributed by atoms with Gasteiger partial charge >= 0.3 is 11.8 Å². The highest BCUT2D eigenvalue weighted by molar-refractivity contribution is 6.35. The van der Waals surface area contributed by atoms with E-state index in [1.165, 1.54) is 18.3 Å². The predicted molar refractivity (Wildman–Crippen MR) is 92.0 cm³/mol. The fourth-order valence-corrected chi connectivity index (χ4v) is 2.46. The average Bonchev–Trinajstić information content (AvgIpc) is 3.10. The first-order valence-corrected chi connectivity index (χ1v) is 8.27. The van der Waals surface area contributed by atoms with Crippen molar-refractivity contribution in [1.82, 2.24) is 10.7 Å². The van der Waals surface area contributed by atoms with Gasteiger partial charge in [-0.3, -0.25) is 9.59 Å². The van der Waals surface area contributed by atoms with Gasteiger partial charge in [0.1, 0.15) is 0 Å². The summed E-state index contributed by atoms with van der Waals surface area (Å²) in [6.07, 6.45) is 3.06. The zero-order valence-electron chi connectivity index (χ0n) is 13.8. The molecule has 1 aliphatic heterocycles. The van der Waals surface area contributed by atoms with Crippen molar-refractivity contribution >= 4 is 29.6 Å². The first-order valence-electron chi connectivity index (χ1n) is 7.89. The van der Waals surface area contributed by atoms with Crippen LogP contribution in [0.2, 0.25) is 5.02 Å². The van der Waals surface area contributed by atoms with Crippen LogP contribution < -0.4 is 15.5 Å². The molecule has 0 unspecified atom stereocenters. The second-order valence-corrected chi connectivity index (χ2v) is 5.73. The lowest BCUT2D eigenvalue weighted by atomic mass is 10.2. The fraction of sp³-hybridized carbons (Fsp3) is 0.438. The molecule has 1 aliphatic rings. The van der Waals surface area contributed by atoms with Gasteiger partial charge in [0.05, 0.1) is 23.9 Å². The molecule has 3 N–H and O–H groups in total. The van der Waals surface area contributed by atoms with Gasteiger partial charge in [0.15, 0.2) is 11.5 Å². The first-order chi connectivity index (χ1) is 12.0. The number of ether oxygens (including phenoxy) is 2. The van der Waals surface area contributed by atoms with Crippen LogP contribution in [0.4, 0.5) is 0 Å². The second kappa shape index (κ2) is 9.24. The Bertz CT molecular complexity index is 659. The average molecular weight is 370 g/mol. The molecular formula is C16H20ClN3O5. The molecule has 1 aromatic carbocycles. The third-order valence-corrected chi connectivity index (χ3v) is 3.74. The summed E-state index contributed by atoms with van der Waals surface area (Å²) < 4.78 is 10.6. The topological polar surface area (TPSA) is 109 Å². The van der Waals surface area contributed by atoms with Crippen LogP contribution in [0, 0.1) is 0 Å². The van der Waals surface area contributed by atoms with Crippen LogP contribution in [-0.2, 0) is 14.3 Å². The van der Waals surface area contributed by atoms with Crippen LogP contribution in [0.3, 0.4) is 0 Å². The number of benzene rings is 1. The van der Waals surface area contributed by atoms with Gasteiger partial charge in [0, 0.05) is 13.2 Å². The highest BCUT2D eigenvalue weighted by atomic mass is 35.5. The molecule has 1 saturated heterocycles. The van der Waals surface area contributed by atoms with E-state index >= 15 is 0 Å². The Morgan fingerprint density at radius 3 is 2.96 bits per heavy atom. The van der Waals surface area contributed by atoms with Gasteiger partial charge in [-0.05, 0) is 37.5 Å². The summed E-state index contributed by atoms with van der Waals surface area (Å²) in [6, 6.07) is 2.96. The maximum absolute atomic E-state index is 11.7. The molecule has 2 rings (SSSR count). The number of amides is 2. The summed E-state index contributed by atoms with van der Waals surface area (Å²) >= 11 is 5.90. The fourth-order valence-electron chi connectivity index (χ4n) is 2.24. The molecule has 1 atom stereocenters. The molecule has 0 aromatic heterocycles. The molecular weight excluding hydrogens is 350 g/mol. The van der Waals surface area contributed by atoms with E-state index in [2.05, 4.69) is 15.8 Å². The van der Waals surface area contributed by atoms with E-state index in [0.29, 0.717) is 25.3 Å². The monoisotopic (exact) mass is 369 g/mol. The summed E-state index contributed by atoms with van der Waals surface area (Å²) in [5.41, 5.74) is 2.62. The Morgan fingerprint density at radius 1 is 1.48 bits per heavy atom. The number of nitrogens with one attached hydrogen (secondary N) is 2. The van der Waals surface area contributed by atoms with Gasteiger partial charge in [-0.15, -0.1) is 0 Å². The van der Waals surface area contributed by atoms with Gasteiger partial charge in [0.25, 0.3) is 0 Å². The molecule has 0 bridgehead atoms. The van der Waals surface area contributed by atoms with Gasteiger partial charge in [-0.2, -0.15) is 5.10 Å². The van der Waals surface area contributed by atoms with Gasteiger partial charge in [-0.25, -0.2) is 5.43 Å². The van der Waals surface area contributed by atoms with Crippen molar-refractivity contribution in [2.75, 3.05) is 19.8 Å². The number of carbonyl (C=O) groups excluding carboxylic acids is 2. The maximum atomic E-state index is 11.7. The Balaban J connectivity index is 1.86. The number of carbonyl (C=O) groups is 2. The Kier molecular flexibility index (Phi) is 7.03. The van der Waals surface area contributed by atoms with Crippen molar-refractivity contribution in [3.8, 4) is 11.5 Å². The number of rotatable bonds is 6. The lowest BCUT2D eigenvalue weighted by Crippen LogP contribution is -2.41. The smallest absolute Gasteiger partial charge is 0.329 e. The minimum Gasteiger partial charge on any atom is -0.503 e. The number of phenols is 1. The zero-order valence-corrected chi connectivity index (χ0v) is 14.5. The predicted octanol–water partition coefficient (Wildman–Crippen LogP) is 1.19. The molecule has 0 radical (unpaired) electrons. The number of hydrogen-bond donors (Lipinski definition) is 3. The lowest BCUT2D eigenvalue weighted by Gasteiger charge is -2.09. The van der Waals surface area contributed by atoms with E-state index in [-0.39, 0.29) is 22.6 Å². The zero-order chi connectivity index (χ0) is 18.2. The third kappa shape index (κ3) is 5.61. The van der Waals surface area contributed by atoms with Crippen molar-refractivity contribution in [3.05, 3.63) is 22.7 Å². The summed E-state index contributed by atoms with van der Waals surface area (Å²) in [5.74, 6) is -1.63. The normalized spacial score (nSPS) is 16.8. The molecule has 8 nitrogen and oxygen atoms in total. The Labute approximate surface area is 150 Å². The highest BCUT2D eigenvalue weighted by Crippen LogP contribution is 2.34. The van der Waals surface area contributed by atoms with Crippen molar-refractivity contribution < 1.29 is 24.2 Å². The molecule has 136 valence electrons. The van der Waals surface area contributed by atoms with Gasteiger partial charge < -0.3 is 19.9 Å². The van der Waals surface area contributed by atoms with Crippen LogP contribution in [0.25, 0.3) is 0 Å². The van der Waals surface area contributed by atoms with Gasteiger partial charge in [0.2, 0.25) is 0 Å². The molecule has 25 heavy (non-hydrogen) atoms. The quantitative estimate of drug-likeness (QED) is 0.396. The number of nitrogens with zero attached hydrogens (tertiary/aromatic N) is 1. The van der Waals surface area contributed by atoms with Crippen molar-refractivity contribution in [1.29, 1.82) is 0 Å². The molecule has 1 fully saturated rings. The molecule has 1 heterocycles. The maximum Gasteiger partial charge on any atom is 0.329 e. The van der Waals surface area contributed by atoms with Crippen LogP contribution in [-0.4, -0.2) is 49.0 Å². The number of halogens is 1. The minimum absolute atomic E-state index is 0.0450. The van der Waals surface area contributed by atoms with E-state index in [0.717, 1.165) is 12.8 Å². The van der Waals surface area contributed by atoms with E-state index in [1.54, 1.807) is 6.92 Å².